The van der Waals surface area contributed by atoms with Gasteiger partial charge in [-0.15, -0.1) is 5.10 Å². The summed E-state index contributed by atoms with van der Waals surface area (Å²) in [6, 6.07) is 7.89. The van der Waals surface area contributed by atoms with Crippen LogP contribution in [0, 0.1) is 0 Å². The number of hydrogen-bond acceptors (Lipinski definition) is 5. The van der Waals surface area contributed by atoms with Crippen molar-refractivity contribution in [3.8, 4) is 0 Å². The van der Waals surface area contributed by atoms with Crippen LogP contribution in [0.5, 0.6) is 0 Å². The van der Waals surface area contributed by atoms with E-state index in [1.54, 1.807) is 6.20 Å². The van der Waals surface area contributed by atoms with Gasteiger partial charge >= 0.3 is 0 Å². The second-order valence-electron chi connectivity index (χ2n) is 4.79. The summed E-state index contributed by atoms with van der Waals surface area (Å²) in [7, 11) is 0. The van der Waals surface area contributed by atoms with Crippen molar-refractivity contribution in [2.45, 2.75) is 19.3 Å². The summed E-state index contributed by atoms with van der Waals surface area (Å²) in [5.74, 6) is 1.43. The van der Waals surface area contributed by atoms with Gasteiger partial charge in [0.05, 0.1) is 11.9 Å². The van der Waals surface area contributed by atoms with Gasteiger partial charge in [0.1, 0.15) is 0 Å². The van der Waals surface area contributed by atoms with Crippen LogP contribution < -0.4 is 10.2 Å². The van der Waals surface area contributed by atoms with E-state index in [4.69, 9.17) is 0 Å². The number of nitrogens with zero attached hydrogens (tertiary/aromatic N) is 4. The molecule has 2 aromatic rings. The van der Waals surface area contributed by atoms with Gasteiger partial charge in [-0.25, -0.2) is 0 Å². The second-order valence-corrected chi connectivity index (χ2v) is 5.65. The molecule has 6 heteroatoms. The monoisotopic (exact) mass is 333 g/mol. The van der Waals surface area contributed by atoms with Crippen LogP contribution >= 0.6 is 15.9 Å². The fourth-order valence-electron chi connectivity index (χ4n) is 2.31. The van der Waals surface area contributed by atoms with Crippen molar-refractivity contribution in [1.29, 1.82) is 0 Å². The van der Waals surface area contributed by atoms with Gasteiger partial charge in [0.2, 0.25) is 5.95 Å². The molecule has 0 amide bonds. The molecule has 1 N–H and O–H groups in total. The highest BCUT2D eigenvalue weighted by atomic mass is 79.9. The lowest BCUT2D eigenvalue weighted by Crippen LogP contribution is -2.30. The Morgan fingerprint density at radius 3 is 2.70 bits per heavy atom. The second kappa shape index (κ2) is 6.17. The number of para-hydroxylation sites is 1. The highest BCUT2D eigenvalue weighted by Crippen LogP contribution is 2.24. The van der Waals surface area contributed by atoms with E-state index >= 15 is 0 Å². The molecule has 1 aliphatic heterocycles. The van der Waals surface area contributed by atoms with Gasteiger partial charge in [-0.1, -0.05) is 12.1 Å². The van der Waals surface area contributed by atoms with Crippen LogP contribution in [-0.2, 0) is 0 Å². The van der Waals surface area contributed by atoms with E-state index in [0.29, 0.717) is 5.95 Å². The number of piperidine rings is 1. The minimum absolute atomic E-state index is 0.528. The highest BCUT2D eigenvalue weighted by molar-refractivity contribution is 9.10. The standard InChI is InChI=1S/C14H16BrN5/c15-11-6-2-3-7-12(11)17-14-18-13(10-16-19-14)20-8-4-1-5-9-20/h2-3,6-7,10H,1,4-5,8-9H2,(H,17,18,19). The summed E-state index contributed by atoms with van der Waals surface area (Å²) in [5, 5.41) is 11.3. The molecule has 104 valence electrons. The number of aromatic nitrogens is 3. The molecule has 1 aromatic carbocycles. The molecular formula is C14H16BrN5. The lowest BCUT2D eigenvalue weighted by atomic mass is 10.1. The molecule has 0 spiro atoms. The lowest BCUT2D eigenvalue weighted by Gasteiger charge is -2.27. The maximum atomic E-state index is 4.55. The molecule has 5 nitrogen and oxygen atoms in total. The van der Waals surface area contributed by atoms with Gasteiger partial charge < -0.3 is 10.2 Å². The van der Waals surface area contributed by atoms with E-state index in [9.17, 15) is 0 Å². The van der Waals surface area contributed by atoms with E-state index in [1.165, 1.54) is 19.3 Å². The van der Waals surface area contributed by atoms with Crippen molar-refractivity contribution >= 4 is 33.4 Å². The molecule has 0 atom stereocenters. The zero-order valence-electron chi connectivity index (χ0n) is 11.1. The predicted octanol–water partition coefficient (Wildman–Crippen LogP) is 3.37. The highest BCUT2D eigenvalue weighted by Gasteiger charge is 2.13. The minimum atomic E-state index is 0.528. The number of halogens is 1. The Morgan fingerprint density at radius 2 is 1.90 bits per heavy atom. The zero-order valence-corrected chi connectivity index (χ0v) is 12.7. The number of nitrogens with one attached hydrogen (secondary N) is 1. The van der Waals surface area contributed by atoms with E-state index in [0.717, 1.165) is 29.1 Å². The Balaban J connectivity index is 1.79. The fraction of sp³-hybridized carbons (Fsp3) is 0.357. The summed E-state index contributed by atoms with van der Waals surface area (Å²) >= 11 is 3.50. The Morgan fingerprint density at radius 1 is 1.10 bits per heavy atom. The van der Waals surface area contributed by atoms with Gasteiger partial charge in [0.15, 0.2) is 5.82 Å². The summed E-state index contributed by atoms with van der Waals surface area (Å²) in [6.45, 7) is 2.10. The van der Waals surface area contributed by atoms with Gasteiger partial charge in [0, 0.05) is 17.6 Å². The summed E-state index contributed by atoms with van der Waals surface area (Å²) in [4.78, 5) is 6.82. The van der Waals surface area contributed by atoms with Gasteiger partial charge in [-0.2, -0.15) is 10.1 Å². The third-order valence-electron chi connectivity index (χ3n) is 3.35. The first-order chi connectivity index (χ1) is 9.83. The van der Waals surface area contributed by atoms with Crippen LogP contribution in [0.4, 0.5) is 17.5 Å². The maximum Gasteiger partial charge on any atom is 0.249 e. The fourth-order valence-corrected chi connectivity index (χ4v) is 2.69. The topological polar surface area (TPSA) is 53.9 Å². The first kappa shape index (κ1) is 13.3. The number of rotatable bonds is 3. The minimum Gasteiger partial charge on any atom is -0.355 e. The molecule has 1 aliphatic rings. The zero-order chi connectivity index (χ0) is 13.8. The Bertz CT molecular complexity index is 583. The quantitative estimate of drug-likeness (QED) is 0.933. The molecule has 20 heavy (non-hydrogen) atoms. The number of benzene rings is 1. The summed E-state index contributed by atoms with van der Waals surface area (Å²) in [6.07, 6.45) is 5.47. The molecule has 3 rings (SSSR count). The van der Waals surface area contributed by atoms with Crippen molar-refractivity contribution in [2.75, 3.05) is 23.3 Å². The largest absolute Gasteiger partial charge is 0.355 e. The van der Waals surface area contributed by atoms with Crippen molar-refractivity contribution in [2.24, 2.45) is 0 Å². The third-order valence-corrected chi connectivity index (χ3v) is 4.04. The molecule has 0 saturated carbocycles. The molecule has 0 aliphatic carbocycles. The molecule has 1 saturated heterocycles. The molecule has 1 aromatic heterocycles. The molecule has 0 unspecified atom stereocenters. The summed E-state index contributed by atoms with van der Waals surface area (Å²) < 4.78 is 0.979. The maximum absolute atomic E-state index is 4.55. The third kappa shape index (κ3) is 3.07. The molecule has 1 fully saturated rings. The van der Waals surface area contributed by atoms with Gasteiger partial charge in [-0.3, -0.25) is 0 Å². The van der Waals surface area contributed by atoms with Crippen molar-refractivity contribution < 1.29 is 0 Å². The van der Waals surface area contributed by atoms with Crippen molar-refractivity contribution in [3.05, 3.63) is 34.9 Å². The Kier molecular flexibility index (Phi) is 4.11. The average Bonchev–Trinajstić information content (AvgIpc) is 2.51. The molecule has 0 bridgehead atoms. The van der Waals surface area contributed by atoms with Crippen LogP contribution in [0.2, 0.25) is 0 Å². The first-order valence-corrected chi connectivity index (χ1v) is 7.58. The normalized spacial score (nSPS) is 15.2. The van der Waals surface area contributed by atoms with E-state index < -0.39 is 0 Å². The smallest absolute Gasteiger partial charge is 0.249 e. The molecule has 0 radical (unpaired) electrons. The predicted molar refractivity (Wildman–Crippen MR) is 83.3 cm³/mol. The van der Waals surface area contributed by atoms with Crippen LogP contribution in [-0.4, -0.2) is 28.3 Å². The van der Waals surface area contributed by atoms with Gasteiger partial charge in [-0.05, 0) is 47.3 Å². The lowest BCUT2D eigenvalue weighted by molar-refractivity contribution is 0.572. The van der Waals surface area contributed by atoms with Gasteiger partial charge in [0.25, 0.3) is 0 Å². The van der Waals surface area contributed by atoms with Crippen LogP contribution in [0.3, 0.4) is 0 Å². The van der Waals surface area contributed by atoms with Crippen molar-refractivity contribution in [1.82, 2.24) is 15.2 Å². The molecular weight excluding hydrogens is 318 g/mol. The number of hydrogen-bond donors (Lipinski definition) is 1. The van der Waals surface area contributed by atoms with E-state index in [-0.39, 0.29) is 0 Å². The van der Waals surface area contributed by atoms with Crippen LogP contribution in [0.25, 0.3) is 0 Å². The van der Waals surface area contributed by atoms with Crippen molar-refractivity contribution in [3.63, 3.8) is 0 Å². The van der Waals surface area contributed by atoms with Crippen LogP contribution in [0.1, 0.15) is 19.3 Å². The summed E-state index contributed by atoms with van der Waals surface area (Å²) in [5.41, 5.74) is 0.935. The van der Waals surface area contributed by atoms with Crippen LogP contribution in [0.15, 0.2) is 34.9 Å². The first-order valence-electron chi connectivity index (χ1n) is 6.79. The molecule has 2 heterocycles. The van der Waals surface area contributed by atoms with E-state index in [1.807, 2.05) is 24.3 Å². The Hall–Kier alpha value is -1.69. The SMILES string of the molecule is Brc1ccccc1Nc1nncc(N2CCCCC2)n1. The average molecular weight is 334 g/mol. The Labute approximate surface area is 126 Å². The number of anilines is 3. The van der Waals surface area contributed by atoms with E-state index in [2.05, 4.69) is 41.3 Å².